The monoisotopic (exact) mass is 359 g/mol. The maximum Gasteiger partial charge on any atom is 0.308 e. The second-order valence-corrected chi connectivity index (χ2v) is 12.6. The number of hydrogen-bond acceptors (Lipinski definition) is 4. The summed E-state index contributed by atoms with van der Waals surface area (Å²) in [5, 5.41) is 1.12. The van der Waals surface area contributed by atoms with Gasteiger partial charge in [-0.15, -0.1) is 0 Å². The van der Waals surface area contributed by atoms with Gasteiger partial charge < -0.3 is 9.16 Å². The molecular formula is C20H29NO3Si. The van der Waals surface area contributed by atoms with Crippen LogP contribution < -0.4 is 0 Å². The molecule has 0 N–H and O–H groups in total. The summed E-state index contributed by atoms with van der Waals surface area (Å²) < 4.78 is 11.7. The van der Waals surface area contributed by atoms with Crippen molar-refractivity contribution < 1.29 is 14.0 Å². The average molecular weight is 360 g/mol. The summed E-state index contributed by atoms with van der Waals surface area (Å²) in [6, 6.07) is 10.0. The Morgan fingerprint density at radius 1 is 1.24 bits per heavy atom. The van der Waals surface area contributed by atoms with Gasteiger partial charge >= 0.3 is 5.97 Å². The van der Waals surface area contributed by atoms with Crippen molar-refractivity contribution in [1.29, 1.82) is 0 Å². The molecule has 0 amide bonds. The fourth-order valence-electron chi connectivity index (χ4n) is 2.43. The maximum absolute atomic E-state index is 12.1. The van der Waals surface area contributed by atoms with Gasteiger partial charge in [0.05, 0.1) is 24.6 Å². The van der Waals surface area contributed by atoms with Crippen LogP contribution in [0.4, 0.5) is 0 Å². The van der Waals surface area contributed by atoms with E-state index in [0.29, 0.717) is 6.61 Å². The maximum atomic E-state index is 12.1. The smallest absolute Gasteiger partial charge is 0.308 e. The molecule has 136 valence electrons. The standard InChI is InChI=1S/C20H29NO3Si/c1-7-23-19(22)14-18(24-25(5,6)20(2,3)4)16-10-11-17-15(13-16)9-8-12-21-17/h8-13,18H,7,14H2,1-6H3/t18-/m0/s1. The SMILES string of the molecule is CCOC(=O)C[C@H](O[Si](C)(C)C(C)(C)C)c1ccc2ncccc2c1. The van der Waals surface area contributed by atoms with Crippen molar-refractivity contribution in [1.82, 2.24) is 4.98 Å². The highest BCUT2D eigenvalue weighted by Gasteiger charge is 2.40. The number of ether oxygens (including phenoxy) is 1. The summed E-state index contributed by atoms with van der Waals surface area (Å²) in [7, 11) is -2.03. The number of aromatic nitrogens is 1. The van der Waals surface area contributed by atoms with Crippen molar-refractivity contribution in [2.75, 3.05) is 6.61 Å². The molecule has 0 aliphatic rings. The third-order valence-electron chi connectivity index (χ3n) is 4.90. The molecule has 1 aromatic heterocycles. The predicted molar refractivity (Wildman–Crippen MR) is 104 cm³/mol. The van der Waals surface area contributed by atoms with Gasteiger partial charge in [-0.2, -0.15) is 0 Å². The molecule has 0 aliphatic carbocycles. The summed E-state index contributed by atoms with van der Waals surface area (Å²) in [6.45, 7) is 13.2. The molecule has 2 aromatic rings. The van der Waals surface area contributed by atoms with E-state index in [4.69, 9.17) is 9.16 Å². The van der Waals surface area contributed by atoms with Gasteiger partial charge in [-0.1, -0.05) is 32.9 Å². The molecule has 1 heterocycles. The Balaban J connectivity index is 2.36. The van der Waals surface area contributed by atoms with E-state index >= 15 is 0 Å². The number of carbonyl (C=O) groups is 1. The van der Waals surface area contributed by atoms with Gasteiger partial charge in [-0.05, 0) is 48.8 Å². The number of esters is 1. The zero-order chi connectivity index (χ0) is 18.7. The minimum absolute atomic E-state index is 0.0678. The van der Waals surface area contributed by atoms with E-state index in [1.807, 2.05) is 31.2 Å². The van der Waals surface area contributed by atoms with E-state index < -0.39 is 8.32 Å². The van der Waals surface area contributed by atoms with E-state index in [1.54, 1.807) is 6.20 Å². The van der Waals surface area contributed by atoms with E-state index in [1.165, 1.54) is 0 Å². The number of carbonyl (C=O) groups excluding carboxylic acids is 1. The average Bonchev–Trinajstić information content (AvgIpc) is 2.52. The van der Waals surface area contributed by atoms with Crippen LogP contribution in [0, 0.1) is 0 Å². The van der Waals surface area contributed by atoms with Gasteiger partial charge in [-0.25, -0.2) is 0 Å². The zero-order valence-electron chi connectivity index (χ0n) is 16.1. The molecule has 0 bridgehead atoms. The van der Waals surface area contributed by atoms with Gasteiger partial charge in [0.2, 0.25) is 0 Å². The third-order valence-corrected chi connectivity index (χ3v) is 9.39. The first kappa shape index (κ1) is 19.6. The third kappa shape index (κ3) is 4.89. The lowest BCUT2D eigenvalue weighted by atomic mass is 10.0. The number of benzene rings is 1. The molecular weight excluding hydrogens is 330 g/mol. The minimum Gasteiger partial charge on any atom is -0.466 e. The highest BCUT2D eigenvalue weighted by atomic mass is 28.4. The predicted octanol–water partition coefficient (Wildman–Crippen LogP) is 5.25. The van der Waals surface area contributed by atoms with Crippen molar-refractivity contribution in [3.63, 3.8) is 0 Å². The molecule has 5 heteroatoms. The highest BCUT2D eigenvalue weighted by molar-refractivity contribution is 6.74. The van der Waals surface area contributed by atoms with E-state index in [0.717, 1.165) is 16.5 Å². The molecule has 2 rings (SSSR count). The Bertz CT molecular complexity index is 737. The van der Waals surface area contributed by atoms with Crippen molar-refractivity contribution in [3.05, 3.63) is 42.1 Å². The molecule has 1 atom stereocenters. The zero-order valence-corrected chi connectivity index (χ0v) is 17.1. The van der Waals surface area contributed by atoms with Crippen LogP contribution in [0.1, 0.15) is 45.8 Å². The van der Waals surface area contributed by atoms with Crippen molar-refractivity contribution in [2.24, 2.45) is 0 Å². The first-order chi connectivity index (χ1) is 11.6. The van der Waals surface area contributed by atoms with Crippen LogP contribution in [0.5, 0.6) is 0 Å². The Labute approximate surface area is 151 Å². The normalized spacial score (nSPS) is 13.7. The van der Waals surface area contributed by atoms with Crippen LogP contribution in [-0.4, -0.2) is 25.9 Å². The number of nitrogens with zero attached hydrogens (tertiary/aromatic N) is 1. The molecule has 0 spiro atoms. The van der Waals surface area contributed by atoms with Gasteiger partial charge in [0.25, 0.3) is 0 Å². The number of fused-ring (bicyclic) bond motifs is 1. The molecule has 0 aliphatic heterocycles. The van der Waals surface area contributed by atoms with E-state index in [9.17, 15) is 4.79 Å². The molecule has 0 saturated heterocycles. The Morgan fingerprint density at radius 3 is 2.60 bits per heavy atom. The quantitative estimate of drug-likeness (QED) is 0.522. The van der Waals surface area contributed by atoms with Crippen molar-refractivity contribution in [2.45, 2.75) is 58.4 Å². The number of rotatable bonds is 6. The lowest BCUT2D eigenvalue weighted by Gasteiger charge is -2.39. The van der Waals surface area contributed by atoms with Crippen LogP contribution in [0.15, 0.2) is 36.5 Å². The van der Waals surface area contributed by atoms with E-state index in [2.05, 4.69) is 44.9 Å². The minimum atomic E-state index is -2.03. The Kier molecular flexibility index (Phi) is 6.01. The summed E-state index contributed by atoms with van der Waals surface area (Å²) >= 11 is 0. The van der Waals surface area contributed by atoms with Crippen LogP contribution >= 0.6 is 0 Å². The summed E-state index contributed by atoms with van der Waals surface area (Å²) in [6.07, 6.45) is 1.71. The molecule has 0 saturated carbocycles. The van der Waals surface area contributed by atoms with Gasteiger partial charge in [0, 0.05) is 11.6 Å². The van der Waals surface area contributed by atoms with E-state index in [-0.39, 0.29) is 23.5 Å². The fourth-order valence-corrected chi connectivity index (χ4v) is 3.71. The Morgan fingerprint density at radius 2 is 1.96 bits per heavy atom. The molecule has 4 nitrogen and oxygen atoms in total. The lowest BCUT2D eigenvalue weighted by molar-refractivity contribution is -0.145. The van der Waals surface area contributed by atoms with Gasteiger partial charge in [0.1, 0.15) is 0 Å². The summed E-state index contributed by atoms with van der Waals surface area (Å²) in [5.74, 6) is -0.225. The van der Waals surface area contributed by atoms with Gasteiger partial charge in [0.15, 0.2) is 8.32 Å². The topological polar surface area (TPSA) is 48.4 Å². The van der Waals surface area contributed by atoms with Crippen molar-refractivity contribution in [3.8, 4) is 0 Å². The molecule has 1 aromatic carbocycles. The number of pyridine rings is 1. The van der Waals surface area contributed by atoms with Gasteiger partial charge in [-0.3, -0.25) is 9.78 Å². The molecule has 0 unspecified atom stereocenters. The highest BCUT2D eigenvalue weighted by Crippen LogP contribution is 2.40. The Hall–Kier alpha value is -1.72. The largest absolute Gasteiger partial charge is 0.466 e. The van der Waals surface area contributed by atoms with Crippen LogP contribution in [0.2, 0.25) is 18.1 Å². The first-order valence-corrected chi connectivity index (χ1v) is 11.7. The summed E-state index contributed by atoms with van der Waals surface area (Å²) in [5.41, 5.74) is 1.94. The number of hydrogen-bond donors (Lipinski definition) is 0. The van der Waals surface area contributed by atoms with Crippen LogP contribution in [0.3, 0.4) is 0 Å². The second-order valence-electron chi connectivity index (χ2n) is 7.83. The molecule has 25 heavy (non-hydrogen) atoms. The van der Waals surface area contributed by atoms with Crippen LogP contribution in [-0.2, 0) is 14.0 Å². The van der Waals surface area contributed by atoms with Crippen LogP contribution in [0.25, 0.3) is 10.9 Å². The first-order valence-electron chi connectivity index (χ1n) is 8.82. The summed E-state index contributed by atoms with van der Waals surface area (Å²) in [4.78, 5) is 16.5. The molecule has 0 fully saturated rings. The lowest BCUT2D eigenvalue weighted by Crippen LogP contribution is -2.42. The fraction of sp³-hybridized carbons (Fsp3) is 0.500. The second kappa shape index (κ2) is 7.66. The molecule has 0 radical (unpaired) electrons. The van der Waals surface area contributed by atoms with Crippen molar-refractivity contribution >= 4 is 25.2 Å².